The van der Waals surface area contributed by atoms with Crippen molar-refractivity contribution in [3.8, 4) is 0 Å². The van der Waals surface area contributed by atoms with Crippen molar-refractivity contribution in [1.29, 1.82) is 0 Å². The van der Waals surface area contributed by atoms with Gasteiger partial charge in [-0.1, -0.05) is 55.9 Å². The van der Waals surface area contributed by atoms with E-state index in [1.54, 1.807) is 11.8 Å². The van der Waals surface area contributed by atoms with Gasteiger partial charge in [-0.2, -0.15) is 4.98 Å². The van der Waals surface area contributed by atoms with Crippen LogP contribution in [0.5, 0.6) is 0 Å². The number of nitrogens with zero attached hydrogens (tertiary/aromatic N) is 3. The number of carbonyl (C=O) groups excluding carboxylic acids is 1. The van der Waals surface area contributed by atoms with E-state index < -0.39 is 0 Å². The van der Waals surface area contributed by atoms with Crippen LogP contribution < -0.4 is 5.32 Å². The first-order valence-corrected chi connectivity index (χ1v) is 9.33. The van der Waals surface area contributed by atoms with Gasteiger partial charge in [-0.25, -0.2) is 4.68 Å². The van der Waals surface area contributed by atoms with Crippen LogP contribution in [0.4, 0.5) is 5.95 Å². The Morgan fingerprint density at radius 3 is 2.83 bits per heavy atom. The number of nitrogens with one attached hydrogen (secondary N) is 1. The van der Waals surface area contributed by atoms with Gasteiger partial charge in [-0.3, -0.25) is 4.79 Å². The number of fused-ring (bicyclic) bond motifs is 1. The molecule has 0 radical (unpaired) electrons. The molecular formula is C18H20N4OS. The van der Waals surface area contributed by atoms with Crippen molar-refractivity contribution in [3.05, 3.63) is 47.2 Å². The van der Waals surface area contributed by atoms with Crippen LogP contribution in [0.2, 0.25) is 0 Å². The van der Waals surface area contributed by atoms with E-state index in [1.165, 1.54) is 0 Å². The van der Waals surface area contributed by atoms with Gasteiger partial charge in [0.15, 0.2) is 5.78 Å². The quantitative estimate of drug-likeness (QED) is 0.864. The number of anilines is 1. The number of carbonyl (C=O) groups is 1. The van der Waals surface area contributed by atoms with Gasteiger partial charge < -0.3 is 5.32 Å². The zero-order valence-corrected chi connectivity index (χ0v) is 14.6. The lowest BCUT2D eigenvalue weighted by Gasteiger charge is -2.34. The lowest BCUT2D eigenvalue weighted by Crippen LogP contribution is -2.33. The average molecular weight is 340 g/mol. The third kappa shape index (κ3) is 2.55. The van der Waals surface area contributed by atoms with E-state index in [0.717, 1.165) is 40.1 Å². The predicted octanol–water partition coefficient (Wildman–Crippen LogP) is 3.66. The number of benzene rings is 1. The molecule has 2 heterocycles. The van der Waals surface area contributed by atoms with E-state index in [9.17, 15) is 4.79 Å². The van der Waals surface area contributed by atoms with Gasteiger partial charge in [0, 0.05) is 17.7 Å². The van der Waals surface area contributed by atoms with E-state index in [-0.39, 0.29) is 11.8 Å². The Hall–Kier alpha value is -2.08. The Balaban J connectivity index is 1.87. The molecule has 24 heavy (non-hydrogen) atoms. The zero-order valence-electron chi connectivity index (χ0n) is 13.8. The topological polar surface area (TPSA) is 59.8 Å². The molecule has 0 unspecified atom stereocenters. The van der Waals surface area contributed by atoms with E-state index in [0.29, 0.717) is 12.3 Å². The third-order valence-corrected chi connectivity index (χ3v) is 5.21. The molecule has 2 atom stereocenters. The monoisotopic (exact) mass is 340 g/mol. The maximum Gasteiger partial charge on any atom is 0.227 e. The summed E-state index contributed by atoms with van der Waals surface area (Å²) in [6, 6.07) is 9.94. The summed E-state index contributed by atoms with van der Waals surface area (Å²) in [4.78, 5) is 17.4. The Labute approximate surface area is 145 Å². The van der Waals surface area contributed by atoms with Crippen LogP contribution in [-0.2, 0) is 4.79 Å². The van der Waals surface area contributed by atoms with Crippen LogP contribution in [0.1, 0.15) is 38.3 Å². The molecule has 4 rings (SSSR count). The highest BCUT2D eigenvalue weighted by atomic mass is 32.2. The Morgan fingerprint density at radius 2 is 2.08 bits per heavy atom. The van der Waals surface area contributed by atoms with Crippen molar-refractivity contribution in [3.63, 3.8) is 0 Å². The summed E-state index contributed by atoms with van der Waals surface area (Å²) in [5.41, 5.74) is 2.94. The smallest absolute Gasteiger partial charge is 0.227 e. The zero-order chi connectivity index (χ0) is 16.7. The molecule has 1 aliphatic carbocycles. The van der Waals surface area contributed by atoms with E-state index in [4.69, 9.17) is 0 Å². The maximum absolute atomic E-state index is 12.8. The minimum atomic E-state index is -0.184. The van der Waals surface area contributed by atoms with E-state index in [1.807, 2.05) is 22.9 Å². The fourth-order valence-corrected chi connectivity index (χ4v) is 4.08. The Morgan fingerprint density at radius 1 is 1.29 bits per heavy atom. The maximum atomic E-state index is 12.8. The molecule has 2 aromatic rings. The number of allylic oxidation sites excluding steroid dienone is 2. The minimum absolute atomic E-state index is 0.184. The summed E-state index contributed by atoms with van der Waals surface area (Å²) in [5.74, 6) is 2.23. The second kappa shape index (κ2) is 6.09. The largest absolute Gasteiger partial charge is 0.328 e. The van der Waals surface area contributed by atoms with Gasteiger partial charge >= 0.3 is 0 Å². The Kier molecular flexibility index (Phi) is 3.92. The lowest BCUT2D eigenvalue weighted by molar-refractivity contribution is -0.117. The summed E-state index contributed by atoms with van der Waals surface area (Å²) < 4.78 is 1.88. The summed E-state index contributed by atoms with van der Waals surface area (Å²) in [6.45, 7) is 4.21. The van der Waals surface area contributed by atoms with Gasteiger partial charge in [0.2, 0.25) is 11.1 Å². The minimum Gasteiger partial charge on any atom is -0.328 e. The van der Waals surface area contributed by atoms with Crippen LogP contribution in [0.3, 0.4) is 0 Å². The highest BCUT2D eigenvalue weighted by molar-refractivity contribution is 7.99. The molecule has 0 fully saturated rings. The number of hydrogen-bond acceptors (Lipinski definition) is 5. The van der Waals surface area contributed by atoms with Gasteiger partial charge in [-0.05, 0) is 23.7 Å². The molecule has 1 aromatic heterocycles. The van der Waals surface area contributed by atoms with Crippen molar-refractivity contribution in [2.75, 3.05) is 11.1 Å². The summed E-state index contributed by atoms with van der Waals surface area (Å²) in [7, 11) is 0. The van der Waals surface area contributed by atoms with E-state index >= 15 is 0 Å². The van der Waals surface area contributed by atoms with Crippen LogP contribution in [-0.4, -0.2) is 26.3 Å². The molecule has 0 bridgehead atoms. The fraction of sp³-hybridized carbons (Fsp3) is 0.389. The molecule has 0 saturated heterocycles. The standard InChI is InChI=1S/C18H20N4OS/c1-3-24-18-20-17-19-13-9-11(2)10-14(23)15(13)16(22(17)21-18)12-7-5-4-6-8-12/h4-8,11,16H,3,9-10H2,1-2H3,(H,19,20,21)/t11-,16-/m1/s1. The van der Waals surface area contributed by atoms with Gasteiger partial charge in [-0.15, -0.1) is 5.10 Å². The molecule has 1 N–H and O–H groups in total. The summed E-state index contributed by atoms with van der Waals surface area (Å²) >= 11 is 1.61. The molecule has 0 amide bonds. The number of ketones is 1. The average Bonchev–Trinajstić information content (AvgIpc) is 2.95. The summed E-state index contributed by atoms with van der Waals surface area (Å²) in [6.07, 6.45) is 1.48. The number of Topliss-reactive ketones (excluding diaryl/α,β-unsaturated/α-hetero) is 1. The SMILES string of the molecule is CCSc1nc2n(n1)[C@H](c1ccccc1)C1=C(C[C@@H](C)CC1=O)N2. The number of rotatable bonds is 3. The normalized spacial score (nSPS) is 22.8. The first-order chi connectivity index (χ1) is 11.7. The molecule has 6 heteroatoms. The second-order valence-electron chi connectivity index (χ2n) is 6.36. The molecular weight excluding hydrogens is 320 g/mol. The van der Waals surface area contributed by atoms with Crippen molar-refractivity contribution < 1.29 is 4.79 Å². The molecule has 0 spiro atoms. The van der Waals surface area contributed by atoms with Crippen LogP contribution >= 0.6 is 11.8 Å². The first-order valence-electron chi connectivity index (χ1n) is 8.35. The number of thioether (sulfide) groups is 1. The molecule has 0 saturated carbocycles. The molecule has 2 aliphatic rings. The van der Waals surface area contributed by atoms with Gasteiger partial charge in [0.1, 0.15) is 6.04 Å². The lowest BCUT2D eigenvalue weighted by atomic mass is 9.81. The molecule has 124 valence electrons. The van der Waals surface area contributed by atoms with Crippen LogP contribution in [0.15, 0.2) is 46.8 Å². The molecule has 1 aromatic carbocycles. The molecule has 1 aliphatic heterocycles. The highest BCUT2D eigenvalue weighted by Gasteiger charge is 2.38. The van der Waals surface area contributed by atoms with Crippen molar-refractivity contribution in [1.82, 2.24) is 14.8 Å². The predicted molar refractivity (Wildman–Crippen MR) is 95.1 cm³/mol. The number of aromatic nitrogens is 3. The molecule has 5 nitrogen and oxygen atoms in total. The Bertz CT molecular complexity index is 812. The van der Waals surface area contributed by atoms with Crippen molar-refractivity contribution >= 4 is 23.5 Å². The fourth-order valence-electron chi connectivity index (χ4n) is 3.52. The first kappa shape index (κ1) is 15.4. The number of hydrogen-bond donors (Lipinski definition) is 1. The van der Waals surface area contributed by atoms with Gasteiger partial charge in [0.25, 0.3) is 0 Å². The third-order valence-electron chi connectivity index (χ3n) is 4.49. The second-order valence-corrected chi connectivity index (χ2v) is 7.59. The van der Waals surface area contributed by atoms with Crippen molar-refractivity contribution in [2.24, 2.45) is 5.92 Å². The van der Waals surface area contributed by atoms with E-state index in [2.05, 4.69) is 41.4 Å². The highest BCUT2D eigenvalue weighted by Crippen LogP contribution is 2.41. The summed E-state index contributed by atoms with van der Waals surface area (Å²) in [5, 5.41) is 8.79. The van der Waals surface area contributed by atoms with Gasteiger partial charge in [0.05, 0.1) is 0 Å². The van der Waals surface area contributed by atoms with Crippen LogP contribution in [0, 0.1) is 5.92 Å². The van der Waals surface area contributed by atoms with Crippen molar-refractivity contribution in [2.45, 2.75) is 37.9 Å². The van der Waals surface area contributed by atoms with Crippen LogP contribution in [0.25, 0.3) is 0 Å².